The lowest BCUT2D eigenvalue weighted by atomic mass is 9.96. The molecule has 3 heterocycles. The van der Waals surface area contributed by atoms with E-state index in [4.69, 9.17) is 23.7 Å². The first-order valence-corrected chi connectivity index (χ1v) is 10.4. The van der Waals surface area contributed by atoms with Gasteiger partial charge in [-0.3, -0.25) is 0 Å². The van der Waals surface area contributed by atoms with Crippen molar-refractivity contribution in [1.29, 1.82) is 0 Å². The molecule has 0 aromatic rings. The lowest BCUT2D eigenvalue weighted by molar-refractivity contribution is -0.380. The van der Waals surface area contributed by atoms with Gasteiger partial charge in [-0.2, -0.15) is 0 Å². The molecular weight excluding hydrogens is 456 g/mol. The number of hydrogen-bond donors (Lipinski definition) is 10. The molecule has 0 amide bonds. The Morgan fingerprint density at radius 3 is 1.39 bits per heavy atom. The molecule has 0 radical (unpaired) electrons. The van der Waals surface area contributed by atoms with Crippen LogP contribution in [0.25, 0.3) is 0 Å². The van der Waals surface area contributed by atoms with Gasteiger partial charge in [0.2, 0.25) is 0 Å². The summed E-state index contributed by atoms with van der Waals surface area (Å²) in [5.74, 6) is 0. The summed E-state index contributed by atoms with van der Waals surface area (Å²) in [7, 11) is 0. The number of ether oxygens (including phenoxy) is 5. The van der Waals surface area contributed by atoms with Gasteiger partial charge in [-0.15, -0.1) is 0 Å². The lowest BCUT2D eigenvalue weighted by Gasteiger charge is -2.48. The van der Waals surface area contributed by atoms with Gasteiger partial charge in [0.05, 0.1) is 19.3 Å². The van der Waals surface area contributed by atoms with E-state index in [0.29, 0.717) is 0 Å². The highest BCUT2D eigenvalue weighted by Crippen LogP contribution is 2.32. The normalized spacial score (nSPS) is 53.7. The van der Waals surface area contributed by atoms with Crippen molar-refractivity contribution in [2.24, 2.45) is 0 Å². The van der Waals surface area contributed by atoms with E-state index in [1.165, 1.54) is 6.92 Å². The maximum Gasteiger partial charge on any atom is 0.187 e. The van der Waals surface area contributed by atoms with E-state index in [1.807, 2.05) is 0 Å². The van der Waals surface area contributed by atoms with Crippen LogP contribution in [-0.4, -0.2) is 156 Å². The Kier molecular flexibility index (Phi) is 8.99. The van der Waals surface area contributed by atoms with Crippen molar-refractivity contribution in [2.75, 3.05) is 13.2 Å². The first kappa shape index (κ1) is 27.0. The number of rotatable bonds is 6. The zero-order valence-corrected chi connectivity index (χ0v) is 17.6. The third-order valence-corrected chi connectivity index (χ3v) is 6.05. The molecule has 0 spiro atoms. The summed E-state index contributed by atoms with van der Waals surface area (Å²) in [4.78, 5) is 0. The Morgan fingerprint density at radius 1 is 0.545 bits per heavy atom. The Morgan fingerprint density at radius 2 is 0.970 bits per heavy atom. The van der Waals surface area contributed by atoms with Crippen LogP contribution in [0.4, 0.5) is 0 Å². The zero-order valence-electron chi connectivity index (χ0n) is 17.6. The minimum absolute atomic E-state index is 0.715. The van der Waals surface area contributed by atoms with Crippen LogP contribution in [0.5, 0.6) is 0 Å². The molecule has 0 saturated carbocycles. The highest BCUT2D eigenvalue weighted by Gasteiger charge is 2.53. The van der Waals surface area contributed by atoms with Crippen LogP contribution in [0.3, 0.4) is 0 Å². The highest BCUT2D eigenvalue weighted by atomic mass is 16.8. The van der Waals surface area contributed by atoms with Gasteiger partial charge in [0, 0.05) is 0 Å². The topological polar surface area (TPSA) is 248 Å². The van der Waals surface area contributed by atoms with Gasteiger partial charge >= 0.3 is 0 Å². The SMILES string of the molecule is C[C@@H]1O[C@@H](O)[C@H](O)[C@H](O[C@H]2O[C@H](CO)[C@@H](O)[C@H](O)[C@@H]2O)[C@H]1O[C@H]1O[C@H](CO)[C@@H](O)[C@H](O)[C@@H]1O. The molecule has 0 bridgehead atoms. The summed E-state index contributed by atoms with van der Waals surface area (Å²) in [6.45, 7) is -0.0357. The number of hydrogen-bond acceptors (Lipinski definition) is 15. The quantitative estimate of drug-likeness (QED) is 0.167. The molecule has 15 nitrogen and oxygen atoms in total. The van der Waals surface area contributed by atoms with Crippen molar-refractivity contribution in [2.45, 2.75) is 99.0 Å². The second kappa shape index (κ2) is 11.0. The molecule has 33 heavy (non-hydrogen) atoms. The monoisotopic (exact) mass is 488 g/mol. The van der Waals surface area contributed by atoms with Crippen LogP contribution in [0.1, 0.15) is 6.92 Å². The van der Waals surface area contributed by atoms with E-state index in [2.05, 4.69) is 0 Å². The van der Waals surface area contributed by atoms with E-state index >= 15 is 0 Å². The molecule has 3 saturated heterocycles. The Labute approximate surface area is 187 Å². The fraction of sp³-hybridized carbons (Fsp3) is 1.00. The van der Waals surface area contributed by atoms with Crippen LogP contribution in [0, 0.1) is 0 Å². The molecule has 15 atom stereocenters. The summed E-state index contributed by atoms with van der Waals surface area (Å²) in [6.07, 6.45) is -23.9. The van der Waals surface area contributed by atoms with Crippen molar-refractivity contribution >= 4 is 0 Å². The van der Waals surface area contributed by atoms with Crippen LogP contribution in [0.2, 0.25) is 0 Å². The third kappa shape index (κ3) is 5.32. The average Bonchev–Trinajstić information content (AvgIpc) is 2.79. The molecule has 0 aromatic carbocycles. The summed E-state index contributed by atoms with van der Waals surface area (Å²) in [5, 5.41) is 99.4. The molecule has 3 fully saturated rings. The fourth-order valence-electron chi connectivity index (χ4n) is 4.02. The van der Waals surface area contributed by atoms with E-state index < -0.39 is 105 Å². The minimum Gasteiger partial charge on any atom is -0.394 e. The van der Waals surface area contributed by atoms with Crippen LogP contribution < -0.4 is 0 Å². The van der Waals surface area contributed by atoms with Gasteiger partial charge < -0.3 is 74.7 Å². The van der Waals surface area contributed by atoms with E-state index in [-0.39, 0.29) is 0 Å². The van der Waals surface area contributed by atoms with Crippen molar-refractivity contribution in [3.8, 4) is 0 Å². The maximum absolute atomic E-state index is 10.5. The first-order chi connectivity index (χ1) is 15.5. The summed E-state index contributed by atoms with van der Waals surface area (Å²) < 4.78 is 27.0. The first-order valence-electron chi connectivity index (χ1n) is 10.4. The Balaban J connectivity index is 1.80. The van der Waals surface area contributed by atoms with Crippen molar-refractivity contribution < 1.29 is 74.7 Å². The average molecular weight is 488 g/mol. The fourth-order valence-corrected chi connectivity index (χ4v) is 4.02. The summed E-state index contributed by atoms with van der Waals surface area (Å²) >= 11 is 0. The smallest absolute Gasteiger partial charge is 0.187 e. The van der Waals surface area contributed by atoms with E-state index in [0.717, 1.165) is 0 Å². The molecule has 0 aromatic heterocycles. The molecule has 3 aliphatic heterocycles. The van der Waals surface area contributed by atoms with Gasteiger partial charge in [0.1, 0.15) is 67.1 Å². The molecule has 10 N–H and O–H groups in total. The highest BCUT2D eigenvalue weighted by molar-refractivity contribution is 4.95. The van der Waals surface area contributed by atoms with Crippen molar-refractivity contribution in [1.82, 2.24) is 0 Å². The third-order valence-electron chi connectivity index (χ3n) is 6.05. The van der Waals surface area contributed by atoms with Crippen molar-refractivity contribution in [3.05, 3.63) is 0 Å². The second-order valence-electron chi connectivity index (χ2n) is 8.32. The van der Waals surface area contributed by atoms with E-state index in [9.17, 15) is 51.1 Å². The van der Waals surface area contributed by atoms with Gasteiger partial charge in [0.25, 0.3) is 0 Å². The van der Waals surface area contributed by atoms with Gasteiger partial charge in [0.15, 0.2) is 18.9 Å². The van der Waals surface area contributed by atoms with Crippen LogP contribution in [0.15, 0.2) is 0 Å². The molecule has 0 aliphatic carbocycles. The predicted octanol–water partition coefficient (Wildman–Crippen LogP) is -6.55. The second-order valence-corrected chi connectivity index (χ2v) is 8.32. The standard InChI is InChI=1S/C18H32O15/c1-4-14(32-17-11(25)9(23)7(21)5(2-19)30-17)15(13(27)16(28)29-4)33-18-12(26)10(24)8(22)6(3-20)31-18/h4-28H,2-3H2,1H3/t4-,5+,6+,7+,8+,9-,10-,11-,12-,13+,14-,15-,16+,17+,18+/m0/s1. The minimum atomic E-state index is -1.82. The van der Waals surface area contributed by atoms with Gasteiger partial charge in [-0.1, -0.05) is 0 Å². The molecule has 3 aliphatic rings. The molecular formula is C18H32O15. The van der Waals surface area contributed by atoms with Gasteiger partial charge in [-0.05, 0) is 6.92 Å². The molecule has 0 unspecified atom stereocenters. The summed E-state index contributed by atoms with van der Waals surface area (Å²) in [5.41, 5.74) is 0. The van der Waals surface area contributed by atoms with Crippen LogP contribution >= 0.6 is 0 Å². The largest absolute Gasteiger partial charge is 0.394 e. The Hall–Kier alpha value is -0.600. The van der Waals surface area contributed by atoms with Crippen LogP contribution in [-0.2, 0) is 23.7 Å². The Bertz CT molecular complexity index is 622. The van der Waals surface area contributed by atoms with Gasteiger partial charge in [-0.25, -0.2) is 0 Å². The number of aliphatic hydroxyl groups excluding tert-OH is 10. The zero-order chi connectivity index (χ0) is 24.6. The predicted molar refractivity (Wildman–Crippen MR) is 99.8 cm³/mol. The molecule has 3 rings (SSSR count). The lowest BCUT2D eigenvalue weighted by Crippen LogP contribution is -2.66. The van der Waals surface area contributed by atoms with Crippen molar-refractivity contribution in [3.63, 3.8) is 0 Å². The van der Waals surface area contributed by atoms with E-state index in [1.54, 1.807) is 0 Å². The maximum atomic E-state index is 10.5. The molecule has 194 valence electrons. The number of aliphatic hydroxyl groups is 10. The molecule has 15 heteroatoms. The summed E-state index contributed by atoms with van der Waals surface area (Å²) in [6, 6.07) is 0.